The molecular weight excluding hydrogens is 212 g/mol. The number of hydrogen-bond donors (Lipinski definition) is 1. The second kappa shape index (κ2) is 5.47. The van der Waals surface area contributed by atoms with Crippen LogP contribution in [0.25, 0.3) is 0 Å². The summed E-state index contributed by atoms with van der Waals surface area (Å²) in [4.78, 5) is 8.83. The van der Waals surface area contributed by atoms with Gasteiger partial charge in [0.2, 0.25) is 0 Å². The third-order valence-electron chi connectivity index (χ3n) is 3.49. The molecule has 1 aliphatic rings. The number of likely N-dealkylation sites (N-methyl/N-ethyl adjacent to an activating group) is 2. The number of hydrogen-bond acceptors (Lipinski definition) is 4. The fourth-order valence-electron chi connectivity index (χ4n) is 2.54. The van der Waals surface area contributed by atoms with Gasteiger partial charge in [-0.3, -0.25) is 0 Å². The number of nitrogens with zero attached hydrogens (tertiary/aromatic N) is 3. The van der Waals surface area contributed by atoms with Crippen LogP contribution in [0.15, 0.2) is 18.3 Å². The van der Waals surface area contributed by atoms with Gasteiger partial charge in [0.15, 0.2) is 0 Å². The summed E-state index contributed by atoms with van der Waals surface area (Å²) in [6.45, 7) is 3.30. The zero-order valence-corrected chi connectivity index (χ0v) is 10.8. The van der Waals surface area contributed by atoms with E-state index < -0.39 is 0 Å². The summed E-state index contributed by atoms with van der Waals surface area (Å²) >= 11 is 0. The third-order valence-corrected chi connectivity index (χ3v) is 3.49. The Bertz CT molecular complexity index is 366. The van der Waals surface area contributed by atoms with Crippen LogP contribution in [0.2, 0.25) is 0 Å². The number of pyridine rings is 1. The Labute approximate surface area is 103 Å². The van der Waals surface area contributed by atoms with Crippen molar-refractivity contribution in [1.82, 2.24) is 14.8 Å². The standard InChI is InChI=1S/C13H22N4/c1-16(10-12-4-3-7-17(12)2)9-11-5-6-15-13(14)8-11/h5-6,8,12H,3-4,7,9-10H2,1-2H3,(H2,14,15). The van der Waals surface area contributed by atoms with Gasteiger partial charge >= 0.3 is 0 Å². The zero-order valence-electron chi connectivity index (χ0n) is 10.8. The quantitative estimate of drug-likeness (QED) is 0.850. The number of nitrogens with two attached hydrogens (primary N) is 1. The molecule has 1 atom stereocenters. The van der Waals surface area contributed by atoms with Crippen LogP contribution in [0, 0.1) is 0 Å². The Morgan fingerprint density at radius 2 is 2.41 bits per heavy atom. The van der Waals surface area contributed by atoms with Crippen molar-refractivity contribution in [2.45, 2.75) is 25.4 Å². The summed E-state index contributed by atoms with van der Waals surface area (Å²) in [7, 11) is 4.39. The molecule has 1 unspecified atom stereocenters. The van der Waals surface area contributed by atoms with Crippen LogP contribution in [0.3, 0.4) is 0 Å². The summed E-state index contributed by atoms with van der Waals surface area (Å²) in [6.07, 6.45) is 4.43. The minimum absolute atomic E-state index is 0.605. The highest BCUT2D eigenvalue weighted by molar-refractivity contribution is 5.31. The van der Waals surface area contributed by atoms with Crippen molar-refractivity contribution in [2.24, 2.45) is 0 Å². The van der Waals surface area contributed by atoms with Crippen molar-refractivity contribution in [1.29, 1.82) is 0 Å². The fourth-order valence-corrected chi connectivity index (χ4v) is 2.54. The highest BCUT2D eigenvalue weighted by atomic mass is 15.2. The molecule has 1 saturated heterocycles. The lowest BCUT2D eigenvalue weighted by atomic mass is 10.2. The Morgan fingerprint density at radius 1 is 1.59 bits per heavy atom. The van der Waals surface area contributed by atoms with Gasteiger partial charge in [0.25, 0.3) is 0 Å². The van der Waals surface area contributed by atoms with Crippen molar-refractivity contribution >= 4 is 5.82 Å². The molecule has 2 heterocycles. The molecule has 1 fully saturated rings. The molecule has 0 bridgehead atoms. The van der Waals surface area contributed by atoms with E-state index in [0.717, 1.165) is 13.1 Å². The minimum Gasteiger partial charge on any atom is -0.384 e. The first-order valence-electron chi connectivity index (χ1n) is 6.24. The molecule has 0 spiro atoms. The first kappa shape index (κ1) is 12.3. The topological polar surface area (TPSA) is 45.4 Å². The van der Waals surface area contributed by atoms with E-state index in [4.69, 9.17) is 5.73 Å². The number of likely N-dealkylation sites (tertiary alicyclic amines) is 1. The Hall–Kier alpha value is -1.13. The van der Waals surface area contributed by atoms with Crippen LogP contribution in [-0.4, -0.2) is 48.0 Å². The minimum atomic E-state index is 0.605. The fraction of sp³-hybridized carbons (Fsp3) is 0.615. The molecule has 2 rings (SSSR count). The number of rotatable bonds is 4. The molecule has 0 saturated carbocycles. The lowest BCUT2D eigenvalue weighted by molar-refractivity contribution is 0.215. The lowest BCUT2D eigenvalue weighted by Crippen LogP contribution is -2.36. The normalized spacial score (nSPS) is 21.2. The highest BCUT2D eigenvalue weighted by Crippen LogP contribution is 2.16. The van der Waals surface area contributed by atoms with Gasteiger partial charge in [-0.25, -0.2) is 4.98 Å². The van der Waals surface area contributed by atoms with Gasteiger partial charge in [0, 0.05) is 25.3 Å². The predicted molar refractivity (Wildman–Crippen MR) is 70.6 cm³/mol. The van der Waals surface area contributed by atoms with Gasteiger partial charge in [-0.15, -0.1) is 0 Å². The monoisotopic (exact) mass is 234 g/mol. The van der Waals surface area contributed by atoms with Crippen molar-refractivity contribution in [3.8, 4) is 0 Å². The van der Waals surface area contributed by atoms with Crippen molar-refractivity contribution < 1.29 is 0 Å². The molecule has 4 heteroatoms. The Kier molecular flexibility index (Phi) is 3.97. The van der Waals surface area contributed by atoms with Crippen LogP contribution in [0.4, 0.5) is 5.82 Å². The van der Waals surface area contributed by atoms with Crippen molar-refractivity contribution in [3.63, 3.8) is 0 Å². The first-order valence-corrected chi connectivity index (χ1v) is 6.24. The van der Waals surface area contributed by atoms with Crippen LogP contribution >= 0.6 is 0 Å². The Balaban J connectivity index is 1.86. The molecule has 0 amide bonds. The Morgan fingerprint density at radius 3 is 3.06 bits per heavy atom. The molecule has 1 aliphatic heterocycles. The second-order valence-electron chi connectivity index (χ2n) is 5.06. The van der Waals surface area contributed by atoms with Crippen LogP contribution in [-0.2, 0) is 6.54 Å². The third kappa shape index (κ3) is 3.41. The summed E-state index contributed by atoms with van der Waals surface area (Å²) in [5.41, 5.74) is 6.92. The van der Waals surface area contributed by atoms with Gasteiger partial charge in [-0.2, -0.15) is 0 Å². The molecule has 0 aromatic carbocycles. The maximum Gasteiger partial charge on any atom is 0.123 e. The summed E-state index contributed by atoms with van der Waals surface area (Å²) < 4.78 is 0. The van der Waals surface area contributed by atoms with Crippen LogP contribution in [0.5, 0.6) is 0 Å². The highest BCUT2D eigenvalue weighted by Gasteiger charge is 2.21. The number of nitrogen functional groups attached to an aromatic ring is 1. The van der Waals surface area contributed by atoms with E-state index in [2.05, 4.69) is 28.9 Å². The maximum atomic E-state index is 5.68. The lowest BCUT2D eigenvalue weighted by Gasteiger charge is -2.25. The second-order valence-corrected chi connectivity index (χ2v) is 5.06. The van der Waals surface area contributed by atoms with E-state index in [0.29, 0.717) is 11.9 Å². The maximum absolute atomic E-state index is 5.68. The van der Waals surface area contributed by atoms with E-state index in [-0.39, 0.29) is 0 Å². The average molecular weight is 234 g/mol. The van der Waals surface area contributed by atoms with Gasteiger partial charge in [0.05, 0.1) is 0 Å². The number of anilines is 1. The largest absolute Gasteiger partial charge is 0.384 e. The molecule has 0 radical (unpaired) electrons. The van der Waals surface area contributed by atoms with Crippen LogP contribution in [0.1, 0.15) is 18.4 Å². The van der Waals surface area contributed by atoms with E-state index in [9.17, 15) is 0 Å². The molecular formula is C13H22N4. The summed E-state index contributed by atoms with van der Waals surface area (Å²) in [6, 6.07) is 4.69. The summed E-state index contributed by atoms with van der Waals surface area (Å²) in [5.74, 6) is 0.605. The summed E-state index contributed by atoms with van der Waals surface area (Å²) in [5, 5.41) is 0. The van der Waals surface area contributed by atoms with Crippen LogP contribution < -0.4 is 5.73 Å². The molecule has 4 nitrogen and oxygen atoms in total. The van der Waals surface area contributed by atoms with Gasteiger partial charge in [0.1, 0.15) is 5.82 Å². The SMILES string of the molecule is CN(Cc1ccnc(N)c1)CC1CCCN1C. The molecule has 17 heavy (non-hydrogen) atoms. The zero-order chi connectivity index (χ0) is 12.3. The molecule has 94 valence electrons. The number of aromatic nitrogens is 1. The smallest absolute Gasteiger partial charge is 0.123 e. The molecule has 1 aromatic heterocycles. The van der Waals surface area contributed by atoms with E-state index >= 15 is 0 Å². The molecule has 1 aromatic rings. The van der Waals surface area contributed by atoms with E-state index in [1.165, 1.54) is 24.9 Å². The molecule has 2 N–H and O–H groups in total. The average Bonchev–Trinajstić information content (AvgIpc) is 2.64. The van der Waals surface area contributed by atoms with Gasteiger partial charge in [-0.05, 0) is 51.2 Å². The van der Waals surface area contributed by atoms with Crippen molar-refractivity contribution in [3.05, 3.63) is 23.9 Å². The van der Waals surface area contributed by atoms with Crippen molar-refractivity contribution in [2.75, 3.05) is 32.9 Å². The van der Waals surface area contributed by atoms with E-state index in [1.807, 2.05) is 12.1 Å². The van der Waals surface area contributed by atoms with Gasteiger partial charge < -0.3 is 15.5 Å². The van der Waals surface area contributed by atoms with E-state index in [1.54, 1.807) is 6.20 Å². The first-order chi connectivity index (χ1) is 8.15. The predicted octanol–water partition coefficient (Wildman–Crippen LogP) is 1.19. The molecule has 0 aliphatic carbocycles. The van der Waals surface area contributed by atoms with Gasteiger partial charge in [-0.1, -0.05) is 0 Å².